The molecular formula is C11H16N2O2S. The zero-order valence-electron chi connectivity index (χ0n) is 9.47. The van der Waals surface area contributed by atoms with Crippen LogP contribution >= 0.6 is 0 Å². The molecule has 1 aliphatic rings. The lowest BCUT2D eigenvalue weighted by Gasteiger charge is -2.44. The van der Waals surface area contributed by atoms with E-state index in [4.69, 9.17) is 5.73 Å². The van der Waals surface area contributed by atoms with E-state index in [0.29, 0.717) is 18.0 Å². The first-order valence-corrected chi connectivity index (χ1v) is 6.62. The Morgan fingerprint density at radius 3 is 2.38 bits per heavy atom. The summed E-state index contributed by atoms with van der Waals surface area (Å²) < 4.78 is 25.8. The Morgan fingerprint density at radius 1 is 1.31 bits per heavy atom. The van der Waals surface area contributed by atoms with Crippen LogP contribution in [-0.2, 0) is 10.0 Å². The van der Waals surface area contributed by atoms with Gasteiger partial charge in [-0.15, -0.1) is 0 Å². The van der Waals surface area contributed by atoms with Crippen LogP contribution in [0.15, 0.2) is 29.2 Å². The smallest absolute Gasteiger partial charge is 0.243 e. The van der Waals surface area contributed by atoms with Gasteiger partial charge in [0.15, 0.2) is 0 Å². The number of sulfonamides is 1. The van der Waals surface area contributed by atoms with E-state index in [9.17, 15) is 8.42 Å². The van der Waals surface area contributed by atoms with Crippen LogP contribution in [0.25, 0.3) is 0 Å². The van der Waals surface area contributed by atoms with Crippen molar-refractivity contribution in [1.82, 2.24) is 4.31 Å². The highest BCUT2D eigenvalue weighted by Gasteiger charge is 2.42. The van der Waals surface area contributed by atoms with E-state index in [1.807, 2.05) is 13.0 Å². The molecule has 1 heterocycles. The monoisotopic (exact) mass is 240 g/mol. The summed E-state index contributed by atoms with van der Waals surface area (Å²) in [5.41, 5.74) is 6.21. The van der Waals surface area contributed by atoms with Crippen LogP contribution in [-0.4, -0.2) is 31.4 Å². The molecule has 1 aromatic carbocycles. The van der Waals surface area contributed by atoms with Crippen molar-refractivity contribution in [1.29, 1.82) is 0 Å². The first kappa shape index (κ1) is 11.6. The van der Waals surface area contributed by atoms with Crippen molar-refractivity contribution in [2.75, 3.05) is 13.1 Å². The van der Waals surface area contributed by atoms with Crippen LogP contribution in [0.5, 0.6) is 0 Å². The summed E-state index contributed by atoms with van der Waals surface area (Å²) >= 11 is 0. The van der Waals surface area contributed by atoms with Gasteiger partial charge in [0.25, 0.3) is 0 Å². The van der Waals surface area contributed by atoms with E-state index in [-0.39, 0.29) is 5.54 Å². The maximum absolute atomic E-state index is 12.2. The quantitative estimate of drug-likeness (QED) is 0.828. The van der Waals surface area contributed by atoms with Crippen molar-refractivity contribution in [3.63, 3.8) is 0 Å². The Kier molecular flexibility index (Phi) is 2.57. The number of hydrogen-bond acceptors (Lipinski definition) is 3. The summed E-state index contributed by atoms with van der Waals surface area (Å²) in [6, 6.07) is 7.00. The predicted octanol–water partition coefficient (Wildman–Crippen LogP) is 0.717. The van der Waals surface area contributed by atoms with Crippen molar-refractivity contribution in [3.8, 4) is 0 Å². The number of rotatable bonds is 2. The molecular weight excluding hydrogens is 224 g/mol. The van der Waals surface area contributed by atoms with E-state index < -0.39 is 10.0 Å². The third kappa shape index (κ3) is 1.86. The van der Waals surface area contributed by atoms with Gasteiger partial charge in [-0.2, -0.15) is 4.31 Å². The zero-order valence-corrected chi connectivity index (χ0v) is 10.3. The summed E-state index contributed by atoms with van der Waals surface area (Å²) in [4.78, 5) is 0.380. The summed E-state index contributed by atoms with van der Waals surface area (Å²) in [5, 5.41) is 0. The molecule has 0 atom stereocenters. The lowest BCUT2D eigenvalue weighted by Crippen LogP contribution is -2.66. The average molecular weight is 240 g/mol. The fourth-order valence-electron chi connectivity index (χ4n) is 1.91. The molecule has 1 aromatic rings. The molecule has 2 N–H and O–H groups in total. The molecule has 0 unspecified atom stereocenters. The second-order valence-corrected chi connectivity index (χ2v) is 6.60. The van der Waals surface area contributed by atoms with Crippen molar-refractivity contribution >= 4 is 10.0 Å². The number of nitrogens with zero attached hydrogens (tertiary/aromatic N) is 1. The molecule has 16 heavy (non-hydrogen) atoms. The Balaban J connectivity index is 2.32. The lowest BCUT2D eigenvalue weighted by molar-refractivity contribution is 0.176. The molecule has 1 saturated heterocycles. The Bertz CT molecular complexity index is 500. The third-order valence-electron chi connectivity index (χ3n) is 2.79. The molecule has 2 rings (SSSR count). The second-order valence-electron chi connectivity index (χ2n) is 4.69. The van der Waals surface area contributed by atoms with E-state index in [0.717, 1.165) is 5.56 Å². The van der Waals surface area contributed by atoms with Crippen molar-refractivity contribution in [3.05, 3.63) is 29.8 Å². The van der Waals surface area contributed by atoms with E-state index in [2.05, 4.69) is 0 Å². The minimum absolute atomic E-state index is 0.379. The minimum atomic E-state index is -3.35. The fraction of sp³-hybridized carbons (Fsp3) is 0.455. The number of nitrogens with two attached hydrogens (primary N) is 1. The highest BCUT2D eigenvalue weighted by molar-refractivity contribution is 7.89. The van der Waals surface area contributed by atoms with Crippen molar-refractivity contribution in [2.24, 2.45) is 5.73 Å². The van der Waals surface area contributed by atoms with Gasteiger partial charge in [-0.1, -0.05) is 18.2 Å². The van der Waals surface area contributed by atoms with Gasteiger partial charge in [0.05, 0.1) is 4.90 Å². The molecule has 0 bridgehead atoms. The van der Waals surface area contributed by atoms with Gasteiger partial charge in [-0.3, -0.25) is 0 Å². The van der Waals surface area contributed by atoms with Crippen LogP contribution in [0.2, 0.25) is 0 Å². The van der Waals surface area contributed by atoms with Crippen LogP contribution in [0.1, 0.15) is 12.5 Å². The zero-order chi connectivity index (χ0) is 12.0. The summed E-state index contributed by atoms with van der Waals surface area (Å²) in [6.07, 6.45) is 0. The Labute approximate surface area is 96.1 Å². The highest BCUT2D eigenvalue weighted by Crippen LogP contribution is 2.27. The molecule has 1 aliphatic heterocycles. The second kappa shape index (κ2) is 3.55. The molecule has 0 spiro atoms. The Morgan fingerprint density at radius 2 is 1.88 bits per heavy atom. The van der Waals surface area contributed by atoms with E-state index in [1.165, 1.54) is 4.31 Å². The first-order chi connectivity index (χ1) is 7.33. The fourth-order valence-corrected chi connectivity index (χ4v) is 3.85. The standard InChI is InChI=1S/C11H16N2O2S/c1-9-5-3-4-6-10(9)16(14,15)13-7-11(2,12)8-13/h3-6H,7-8,12H2,1-2H3. The molecule has 1 fully saturated rings. The molecule has 0 aliphatic carbocycles. The van der Waals surface area contributed by atoms with Crippen LogP contribution < -0.4 is 5.73 Å². The molecule has 0 radical (unpaired) electrons. The van der Waals surface area contributed by atoms with Crippen LogP contribution in [0, 0.1) is 6.92 Å². The SMILES string of the molecule is Cc1ccccc1S(=O)(=O)N1CC(C)(N)C1. The van der Waals surface area contributed by atoms with Gasteiger partial charge in [0.2, 0.25) is 10.0 Å². The van der Waals surface area contributed by atoms with Gasteiger partial charge in [-0.25, -0.2) is 8.42 Å². The lowest BCUT2D eigenvalue weighted by atomic mass is 9.97. The maximum atomic E-state index is 12.2. The van der Waals surface area contributed by atoms with Gasteiger partial charge in [0.1, 0.15) is 0 Å². The molecule has 88 valence electrons. The number of benzene rings is 1. The maximum Gasteiger partial charge on any atom is 0.243 e. The largest absolute Gasteiger partial charge is 0.323 e. The minimum Gasteiger partial charge on any atom is -0.323 e. The average Bonchev–Trinajstić information content (AvgIpc) is 2.14. The molecule has 5 heteroatoms. The van der Waals surface area contributed by atoms with E-state index >= 15 is 0 Å². The predicted molar refractivity (Wildman–Crippen MR) is 62.5 cm³/mol. The van der Waals surface area contributed by atoms with Gasteiger partial charge < -0.3 is 5.73 Å². The molecule has 4 nitrogen and oxygen atoms in total. The van der Waals surface area contributed by atoms with E-state index in [1.54, 1.807) is 25.1 Å². The number of hydrogen-bond donors (Lipinski definition) is 1. The van der Waals surface area contributed by atoms with Crippen molar-refractivity contribution in [2.45, 2.75) is 24.3 Å². The van der Waals surface area contributed by atoms with Gasteiger partial charge in [-0.05, 0) is 25.5 Å². The van der Waals surface area contributed by atoms with Gasteiger partial charge in [0, 0.05) is 18.6 Å². The number of aryl methyl sites for hydroxylation is 1. The summed E-state index contributed by atoms with van der Waals surface area (Å²) in [7, 11) is -3.35. The molecule has 0 saturated carbocycles. The first-order valence-electron chi connectivity index (χ1n) is 5.18. The highest BCUT2D eigenvalue weighted by atomic mass is 32.2. The summed E-state index contributed by atoms with van der Waals surface area (Å²) in [6.45, 7) is 4.44. The topological polar surface area (TPSA) is 63.4 Å². The molecule has 0 amide bonds. The normalized spacial score (nSPS) is 20.4. The van der Waals surface area contributed by atoms with Gasteiger partial charge >= 0.3 is 0 Å². The third-order valence-corrected chi connectivity index (χ3v) is 4.74. The Hall–Kier alpha value is -0.910. The van der Waals surface area contributed by atoms with Crippen LogP contribution in [0.4, 0.5) is 0 Å². The molecule has 0 aromatic heterocycles. The summed E-state index contributed by atoms with van der Waals surface area (Å²) in [5.74, 6) is 0. The van der Waals surface area contributed by atoms with Crippen molar-refractivity contribution < 1.29 is 8.42 Å². The van der Waals surface area contributed by atoms with Crippen LogP contribution in [0.3, 0.4) is 0 Å².